The van der Waals surface area contributed by atoms with Gasteiger partial charge in [-0.25, -0.2) is 0 Å². The molecular weight excluding hydrogens is 219 g/mol. The molecule has 0 aliphatic rings. The third-order valence-electron chi connectivity index (χ3n) is 1.92. The van der Waals surface area contributed by atoms with Gasteiger partial charge in [0.1, 0.15) is 0 Å². The minimum Gasteiger partial charge on any atom is -0.144 e. The highest BCUT2D eigenvalue weighted by Gasteiger charge is 2.11. The number of hydrogen-bond donors (Lipinski definition) is 0. The van der Waals surface area contributed by atoms with E-state index in [1.54, 1.807) is 0 Å². The molecule has 0 saturated carbocycles. The molecule has 0 fully saturated rings. The van der Waals surface area contributed by atoms with Gasteiger partial charge in [-0.15, -0.1) is 22.2 Å². The number of benzene rings is 1. The minimum atomic E-state index is -1.68. The Labute approximate surface area is 90.9 Å². The summed E-state index contributed by atoms with van der Waals surface area (Å²) in [4.78, 5) is 0. The zero-order valence-electron chi connectivity index (χ0n) is 7.93. The van der Waals surface area contributed by atoms with Crippen LogP contribution in [0.25, 0.3) is 0 Å². The van der Waals surface area contributed by atoms with Crippen molar-refractivity contribution in [2.45, 2.75) is 20.3 Å². The van der Waals surface area contributed by atoms with Crippen molar-refractivity contribution < 1.29 is 0 Å². The highest BCUT2D eigenvalue weighted by atomic mass is 35.7. The molecule has 0 unspecified atom stereocenters. The van der Waals surface area contributed by atoms with Crippen molar-refractivity contribution in [1.29, 1.82) is 0 Å². The maximum atomic E-state index is 6.00. The molecule has 0 N–H and O–H groups in total. The van der Waals surface area contributed by atoms with E-state index in [0.29, 0.717) is 5.92 Å². The number of halogens is 2. The van der Waals surface area contributed by atoms with Gasteiger partial charge in [-0.1, -0.05) is 38.1 Å². The van der Waals surface area contributed by atoms with Crippen molar-refractivity contribution in [1.82, 2.24) is 0 Å². The highest BCUT2D eigenvalue weighted by Crippen LogP contribution is 2.09. The maximum Gasteiger partial charge on any atom is 0.266 e. The van der Waals surface area contributed by atoms with Crippen LogP contribution in [0.15, 0.2) is 24.3 Å². The molecule has 0 aromatic heterocycles. The quantitative estimate of drug-likeness (QED) is 0.556. The Morgan fingerprint density at radius 3 is 2.38 bits per heavy atom. The summed E-state index contributed by atoms with van der Waals surface area (Å²) >= 11 is 12.0. The Hall–Kier alpha value is 0.0169. The Balaban J connectivity index is 2.91. The fraction of sp³-hybridized carbons (Fsp3) is 0.400. The summed E-state index contributed by atoms with van der Waals surface area (Å²) in [5, 5.41) is 1.18. The normalized spacial score (nSPS) is 11.2. The van der Waals surface area contributed by atoms with Crippen LogP contribution in [0.4, 0.5) is 0 Å². The van der Waals surface area contributed by atoms with E-state index in [0.717, 1.165) is 6.42 Å². The molecule has 0 heterocycles. The Morgan fingerprint density at radius 1 is 1.23 bits per heavy atom. The van der Waals surface area contributed by atoms with Gasteiger partial charge in [0.15, 0.2) is 0 Å². The van der Waals surface area contributed by atoms with Crippen LogP contribution in [-0.2, 0) is 6.42 Å². The fourth-order valence-corrected chi connectivity index (χ4v) is 3.40. The zero-order valence-corrected chi connectivity index (χ0v) is 10.6. The Kier molecular flexibility index (Phi) is 4.30. The highest BCUT2D eigenvalue weighted by molar-refractivity contribution is 7.39. The van der Waals surface area contributed by atoms with Crippen LogP contribution in [0.5, 0.6) is 0 Å². The zero-order chi connectivity index (χ0) is 9.84. The first-order chi connectivity index (χ1) is 6.11. The first-order valence-corrected chi connectivity index (χ1v) is 8.54. The van der Waals surface area contributed by atoms with Crippen LogP contribution in [0.3, 0.4) is 0 Å². The molecule has 1 aromatic rings. The average Bonchev–Trinajstić information content (AvgIpc) is 2.03. The van der Waals surface area contributed by atoms with Crippen molar-refractivity contribution in [3.05, 3.63) is 29.8 Å². The van der Waals surface area contributed by atoms with Crippen LogP contribution >= 0.6 is 22.2 Å². The van der Waals surface area contributed by atoms with Gasteiger partial charge < -0.3 is 0 Å². The van der Waals surface area contributed by atoms with Gasteiger partial charge in [-0.2, -0.15) is 0 Å². The van der Waals surface area contributed by atoms with Gasteiger partial charge in [0.2, 0.25) is 0 Å². The molecule has 13 heavy (non-hydrogen) atoms. The van der Waals surface area contributed by atoms with Gasteiger partial charge in [-0.05, 0) is 23.1 Å². The molecular formula is C10H14Cl2Si. The van der Waals surface area contributed by atoms with Crippen molar-refractivity contribution in [2.75, 3.05) is 0 Å². The maximum absolute atomic E-state index is 6.00. The van der Waals surface area contributed by atoms with Crippen molar-refractivity contribution in [3.8, 4) is 0 Å². The fourth-order valence-electron chi connectivity index (χ4n) is 1.37. The van der Waals surface area contributed by atoms with E-state index >= 15 is 0 Å². The number of rotatable bonds is 3. The van der Waals surface area contributed by atoms with Gasteiger partial charge >= 0.3 is 0 Å². The number of hydrogen-bond acceptors (Lipinski definition) is 0. The van der Waals surface area contributed by atoms with Crippen LogP contribution in [0.2, 0.25) is 0 Å². The summed E-state index contributed by atoms with van der Waals surface area (Å²) in [5.74, 6) is 0.655. The lowest BCUT2D eigenvalue weighted by Crippen LogP contribution is -2.23. The Morgan fingerprint density at radius 2 is 1.85 bits per heavy atom. The van der Waals surface area contributed by atoms with Crippen LogP contribution in [0, 0.1) is 5.92 Å². The van der Waals surface area contributed by atoms with Gasteiger partial charge in [-0.3, -0.25) is 0 Å². The smallest absolute Gasteiger partial charge is 0.144 e. The standard InChI is InChI=1S/C10H14Cl2Si/c1-8(2)7-9-5-3-4-6-10(9)13(11)12/h3-6,8,13H,7H2,1-2H3. The predicted molar refractivity (Wildman–Crippen MR) is 63.5 cm³/mol. The Bertz CT molecular complexity index is 271. The SMILES string of the molecule is CC(C)Cc1ccccc1[SiH](Cl)Cl. The molecule has 0 aliphatic heterocycles. The lowest BCUT2D eigenvalue weighted by atomic mass is 10.0. The minimum absolute atomic E-state index is 0.655. The third-order valence-corrected chi connectivity index (χ3v) is 4.36. The lowest BCUT2D eigenvalue weighted by Gasteiger charge is -2.10. The van der Waals surface area contributed by atoms with Crippen LogP contribution in [-0.4, -0.2) is 7.42 Å². The topological polar surface area (TPSA) is 0 Å². The van der Waals surface area contributed by atoms with E-state index in [2.05, 4.69) is 26.0 Å². The second kappa shape index (κ2) is 5.04. The summed E-state index contributed by atoms with van der Waals surface area (Å²) in [6.07, 6.45) is 1.07. The van der Waals surface area contributed by atoms with Crippen LogP contribution < -0.4 is 5.19 Å². The first-order valence-electron chi connectivity index (χ1n) is 4.47. The summed E-state index contributed by atoms with van der Waals surface area (Å²) in [6.45, 7) is 4.41. The van der Waals surface area contributed by atoms with E-state index in [1.165, 1.54) is 10.8 Å². The van der Waals surface area contributed by atoms with E-state index in [4.69, 9.17) is 22.2 Å². The third kappa shape index (κ3) is 3.33. The molecule has 0 saturated heterocycles. The second-order valence-corrected chi connectivity index (χ2v) is 8.11. The van der Waals surface area contributed by atoms with Crippen molar-refractivity contribution in [3.63, 3.8) is 0 Å². The molecule has 1 aromatic carbocycles. The van der Waals surface area contributed by atoms with E-state index in [1.807, 2.05) is 12.1 Å². The average molecular weight is 233 g/mol. The summed E-state index contributed by atoms with van der Waals surface area (Å²) in [5.41, 5.74) is 1.32. The molecule has 1 rings (SSSR count). The molecule has 0 amide bonds. The van der Waals surface area contributed by atoms with E-state index in [-0.39, 0.29) is 0 Å². The van der Waals surface area contributed by atoms with E-state index < -0.39 is 7.42 Å². The summed E-state index contributed by atoms with van der Waals surface area (Å²) in [6, 6.07) is 8.23. The van der Waals surface area contributed by atoms with Crippen molar-refractivity contribution >= 4 is 34.8 Å². The van der Waals surface area contributed by atoms with Crippen LogP contribution in [0.1, 0.15) is 19.4 Å². The van der Waals surface area contributed by atoms with Gasteiger partial charge in [0.25, 0.3) is 7.42 Å². The molecule has 0 aliphatic carbocycles. The molecule has 0 nitrogen and oxygen atoms in total. The summed E-state index contributed by atoms with van der Waals surface area (Å²) in [7, 11) is -1.68. The molecule has 0 atom stereocenters. The lowest BCUT2D eigenvalue weighted by molar-refractivity contribution is 0.649. The summed E-state index contributed by atoms with van der Waals surface area (Å²) < 4.78 is 0. The van der Waals surface area contributed by atoms with E-state index in [9.17, 15) is 0 Å². The largest absolute Gasteiger partial charge is 0.266 e. The first kappa shape index (κ1) is 11.1. The second-order valence-electron chi connectivity index (χ2n) is 3.60. The van der Waals surface area contributed by atoms with Gasteiger partial charge in [0.05, 0.1) is 0 Å². The molecule has 0 bridgehead atoms. The molecule has 72 valence electrons. The van der Waals surface area contributed by atoms with Crippen molar-refractivity contribution in [2.24, 2.45) is 5.92 Å². The van der Waals surface area contributed by atoms with Gasteiger partial charge in [0, 0.05) is 0 Å². The molecule has 0 radical (unpaired) electrons. The molecule has 0 spiro atoms. The predicted octanol–water partition coefficient (Wildman–Crippen LogP) is 2.79. The monoisotopic (exact) mass is 232 g/mol. The molecule has 3 heteroatoms.